The summed E-state index contributed by atoms with van der Waals surface area (Å²) in [5.41, 5.74) is 1.63. The second kappa shape index (κ2) is 7.94. The van der Waals surface area contributed by atoms with Gasteiger partial charge in [0.1, 0.15) is 16.7 Å². The molecule has 2 aliphatic heterocycles. The molecule has 2 aromatic rings. The summed E-state index contributed by atoms with van der Waals surface area (Å²) in [6.07, 6.45) is 3.53. The fraction of sp³-hybridized carbons (Fsp3) is 0.100. The second-order valence-electron chi connectivity index (χ2n) is 6.22. The van der Waals surface area contributed by atoms with E-state index in [-0.39, 0.29) is 10.3 Å². The summed E-state index contributed by atoms with van der Waals surface area (Å²) >= 11 is 17.4. The summed E-state index contributed by atoms with van der Waals surface area (Å²) in [6, 6.07) is 12.1. The van der Waals surface area contributed by atoms with E-state index in [9.17, 15) is 4.79 Å². The van der Waals surface area contributed by atoms with Crippen LogP contribution >= 0.6 is 35.4 Å². The topological polar surface area (TPSA) is 61.9 Å². The minimum Gasteiger partial charge on any atom is -0.495 e. The molecule has 0 atom stereocenters. The lowest BCUT2D eigenvalue weighted by atomic mass is 10.2. The first-order chi connectivity index (χ1) is 14.0. The molecule has 0 N–H and O–H groups in total. The minimum absolute atomic E-state index is 0.140. The van der Waals surface area contributed by atoms with Crippen LogP contribution in [0.3, 0.4) is 0 Å². The Balaban J connectivity index is 1.86. The molecule has 6 nitrogen and oxygen atoms in total. The van der Waals surface area contributed by atoms with E-state index in [1.165, 1.54) is 11.7 Å². The molecule has 0 saturated carbocycles. The molecule has 1 aromatic carbocycles. The number of nitrogens with zero attached hydrogens (tertiary/aromatic N) is 4. The smallest absolute Gasteiger partial charge is 0.268 e. The van der Waals surface area contributed by atoms with E-state index in [0.717, 1.165) is 5.56 Å². The highest BCUT2D eigenvalue weighted by molar-refractivity contribution is 7.71. The standard InChI is InChI=1S/C20H14Cl2N4O2S/c1-28-16-9-13(5-6-15(16)21)26-19(27)14-3-2-8-25(18(14)24-20(26)29)11-12-4-7-17(22)23-10-12/h2-10H,11H2,1H3. The van der Waals surface area contributed by atoms with Crippen LogP contribution in [0.5, 0.6) is 5.75 Å². The quantitative estimate of drug-likeness (QED) is 0.339. The molecule has 29 heavy (non-hydrogen) atoms. The Hall–Kier alpha value is -2.74. The van der Waals surface area contributed by atoms with Gasteiger partial charge in [-0.25, -0.2) is 9.97 Å². The predicted molar refractivity (Wildman–Crippen MR) is 115 cm³/mol. The van der Waals surface area contributed by atoms with Crippen LogP contribution in [-0.2, 0) is 6.54 Å². The van der Waals surface area contributed by atoms with Crippen molar-refractivity contribution in [3.8, 4) is 22.8 Å². The zero-order valence-corrected chi connectivity index (χ0v) is 17.5. The fourth-order valence-corrected chi connectivity index (χ4v) is 3.60. The zero-order chi connectivity index (χ0) is 20.5. The monoisotopic (exact) mass is 444 g/mol. The molecular formula is C20H14Cl2N4O2S. The minimum atomic E-state index is -0.270. The van der Waals surface area contributed by atoms with Gasteiger partial charge in [-0.2, -0.15) is 0 Å². The number of rotatable bonds is 4. The van der Waals surface area contributed by atoms with Crippen LogP contribution in [0.1, 0.15) is 5.56 Å². The molecule has 3 heterocycles. The average Bonchev–Trinajstić information content (AvgIpc) is 2.71. The highest BCUT2D eigenvalue weighted by Gasteiger charge is 2.17. The lowest BCUT2D eigenvalue weighted by Crippen LogP contribution is -2.25. The highest BCUT2D eigenvalue weighted by Crippen LogP contribution is 2.27. The Kier molecular flexibility index (Phi) is 5.36. The van der Waals surface area contributed by atoms with Crippen molar-refractivity contribution in [1.29, 1.82) is 0 Å². The predicted octanol–water partition coefficient (Wildman–Crippen LogP) is 4.63. The third-order valence-corrected chi connectivity index (χ3v) is 5.21. The van der Waals surface area contributed by atoms with Crippen molar-refractivity contribution in [2.75, 3.05) is 7.11 Å². The van der Waals surface area contributed by atoms with Crippen LogP contribution in [0, 0.1) is 4.77 Å². The van der Waals surface area contributed by atoms with E-state index in [1.807, 2.05) is 16.8 Å². The van der Waals surface area contributed by atoms with Crippen LogP contribution in [0.4, 0.5) is 0 Å². The van der Waals surface area contributed by atoms with Crippen molar-refractivity contribution in [2.45, 2.75) is 6.54 Å². The molecule has 0 saturated heterocycles. The van der Waals surface area contributed by atoms with Gasteiger partial charge in [0.05, 0.1) is 29.9 Å². The number of benzene rings is 1. The second-order valence-corrected chi connectivity index (χ2v) is 7.38. The third-order valence-electron chi connectivity index (χ3n) is 4.40. The number of aromatic nitrogens is 4. The maximum Gasteiger partial charge on any atom is 0.268 e. The summed E-state index contributed by atoms with van der Waals surface area (Å²) in [7, 11) is 1.51. The molecular weight excluding hydrogens is 431 g/mol. The molecule has 2 aliphatic rings. The number of hydrogen-bond acceptors (Lipinski definition) is 5. The van der Waals surface area contributed by atoms with Crippen molar-refractivity contribution < 1.29 is 4.74 Å². The summed E-state index contributed by atoms with van der Waals surface area (Å²) in [6.45, 7) is 0.474. The van der Waals surface area contributed by atoms with E-state index in [1.54, 1.807) is 42.6 Å². The Morgan fingerprint density at radius 3 is 2.72 bits per heavy atom. The molecule has 0 spiro atoms. The Morgan fingerprint density at radius 1 is 1.17 bits per heavy atom. The van der Waals surface area contributed by atoms with Gasteiger partial charge >= 0.3 is 0 Å². The molecule has 9 heteroatoms. The van der Waals surface area contributed by atoms with Crippen molar-refractivity contribution in [3.05, 3.63) is 85.7 Å². The van der Waals surface area contributed by atoms with E-state index < -0.39 is 0 Å². The molecule has 0 fully saturated rings. The van der Waals surface area contributed by atoms with Gasteiger partial charge in [-0.1, -0.05) is 29.3 Å². The zero-order valence-electron chi connectivity index (χ0n) is 15.2. The van der Waals surface area contributed by atoms with Gasteiger partial charge in [-0.3, -0.25) is 9.36 Å². The summed E-state index contributed by atoms with van der Waals surface area (Å²) in [5, 5.41) is 0.863. The Bertz CT molecular complexity index is 1290. The Labute approximate surface area is 181 Å². The number of hydrogen-bond donors (Lipinski definition) is 0. The normalized spacial score (nSPS) is 11.0. The number of pyridine rings is 2. The first kappa shape index (κ1) is 19.6. The van der Waals surface area contributed by atoms with Gasteiger partial charge in [-0.05, 0) is 48.1 Å². The molecule has 4 rings (SSSR count). The lowest BCUT2D eigenvalue weighted by molar-refractivity contribution is 0.415. The maximum absolute atomic E-state index is 13.2. The van der Waals surface area contributed by atoms with E-state index >= 15 is 0 Å². The molecule has 1 aromatic heterocycles. The van der Waals surface area contributed by atoms with Gasteiger partial charge in [0.2, 0.25) is 4.77 Å². The van der Waals surface area contributed by atoms with Gasteiger partial charge in [-0.15, -0.1) is 0 Å². The average molecular weight is 445 g/mol. The summed E-state index contributed by atoms with van der Waals surface area (Å²) in [4.78, 5) is 21.8. The molecule has 0 unspecified atom stereocenters. The van der Waals surface area contributed by atoms with Crippen molar-refractivity contribution in [1.82, 2.24) is 19.1 Å². The van der Waals surface area contributed by atoms with Crippen LogP contribution < -0.4 is 10.3 Å². The summed E-state index contributed by atoms with van der Waals surface area (Å²) in [5.74, 6) is 0.943. The van der Waals surface area contributed by atoms with Gasteiger partial charge < -0.3 is 9.30 Å². The van der Waals surface area contributed by atoms with E-state index in [2.05, 4.69) is 9.97 Å². The van der Waals surface area contributed by atoms with Crippen molar-refractivity contribution in [3.63, 3.8) is 0 Å². The maximum atomic E-state index is 13.2. The van der Waals surface area contributed by atoms with Gasteiger partial charge in [0, 0.05) is 18.5 Å². The first-order valence-corrected chi connectivity index (χ1v) is 9.71. The molecule has 0 amide bonds. The molecule has 0 bridgehead atoms. The van der Waals surface area contributed by atoms with Gasteiger partial charge in [0.25, 0.3) is 5.56 Å². The first-order valence-electron chi connectivity index (χ1n) is 8.54. The number of ether oxygens (including phenoxy) is 1. The highest BCUT2D eigenvalue weighted by atomic mass is 35.5. The van der Waals surface area contributed by atoms with Crippen LogP contribution in [-0.4, -0.2) is 26.2 Å². The largest absolute Gasteiger partial charge is 0.495 e. The van der Waals surface area contributed by atoms with Crippen molar-refractivity contribution >= 4 is 35.4 Å². The van der Waals surface area contributed by atoms with Gasteiger partial charge in [0.15, 0.2) is 0 Å². The number of halogens is 2. The summed E-state index contributed by atoms with van der Waals surface area (Å²) < 4.78 is 8.60. The SMILES string of the molecule is COc1cc(-n2c(=S)nc3n(Cc4ccc(Cl)nc4)cccc-3c2=O)ccc1Cl. The van der Waals surface area contributed by atoms with E-state index in [4.69, 9.17) is 40.2 Å². The number of methoxy groups -OCH3 is 1. The third kappa shape index (κ3) is 3.76. The van der Waals surface area contributed by atoms with E-state index in [0.29, 0.717) is 39.5 Å². The lowest BCUT2D eigenvalue weighted by Gasteiger charge is -2.16. The fourth-order valence-electron chi connectivity index (χ4n) is 3.02. The molecule has 146 valence electrons. The molecule has 0 aliphatic carbocycles. The molecule has 0 radical (unpaired) electrons. The van der Waals surface area contributed by atoms with Crippen LogP contribution in [0.15, 0.2) is 59.7 Å². The Morgan fingerprint density at radius 2 is 2.00 bits per heavy atom. The van der Waals surface area contributed by atoms with Crippen molar-refractivity contribution in [2.24, 2.45) is 0 Å². The van der Waals surface area contributed by atoms with Crippen LogP contribution in [0.2, 0.25) is 10.2 Å². The van der Waals surface area contributed by atoms with Crippen LogP contribution in [0.25, 0.3) is 17.1 Å². The number of fused-ring (bicyclic) bond motifs is 1.